The molecular formula is C10H10F3P. The molecule has 0 aliphatic carbocycles. The first kappa shape index (κ1) is 11.3. The highest BCUT2D eigenvalue weighted by Crippen LogP contribution is 2.21. The van der Waals surface area contributed by atoms with Gasteiger partial charge >= 0.3 is 0 Å². The highest BCUT2D eigenvalue weighted by Gasteiger charge is 2.19. The molecule has 0 N–H and O–H groups in total. The largest absolute Gasteiger partial charge is 0.206 e. The van der Waals surface area contributed by atoms with Crippen LogP contribution in [0, 0.1) is 17.5 Å². The maximum atomic E-state index is 13.4. The van der Waals surface area contributed by atoms with Crippen molar-refractivity contribution in [2.75, 3.05) is 0 Å². The van der Waals surface area contributed by atoms with Crippen LogP contribution in [0.25, 0.3) is 6.08 Å². The van der Waals surface area contributed by atoms with Crippen molar-refractivity contribution in [3.8, 4) is 0 Å². The highest BCUT2D eigenvalue weighted by molar-refractivity contribution is 7.27. The smallest absolute Gasteiger partial charge is 0.143 e. The maximum Gasteiger partial charge on any atom is 0.143 e. The molecule has 1 aromatic carbocycles. The Hall–Kier alpha value is -0.820. The van der Waals surface area contributed by atoms with E-state index < -0.39 is 17.5 Å². The van der Waals surface area contributed by atoms with E-state index in [9.17, 15) is 13.2 Å². The van der Waals surface area contributed by atoms with Crippen molar-refractivity contribution in [3.05, 3.63) is 35.2 Å². The Morgan fingerprint density at radius 1 is 1.21 bits per heavy atom. The standard InChI is InChI=1S/C10H10F3P/c1-3-5-7(11)6(4-2)9(13)10(14)8(5)12/h3H,1,4,14H2,2H3. The van der Waals surface area contributed by atoms with Crippen molar-refractivity contribution >= 4 is 20.6 Å². The normalized spacial score (nSPS) is 10.4. The van der Waals surface area contributed by atoms with Crippen LogP contribution in [-0.4, -0.2) is 0 Å². The monoisotopic (exact) mass is 218 g/mol. The lowest BCUT2D eigenvalue weighted by Gasteiger charge is -2.09. The van der Waals surface area contributed by atoms with Crippen LogP contribution < -0.4 is 5.30 Å². The van der Waals surface area contributed by atoms with Gasteiger partial charge in [0.2, 0.25) is 0 Å². The third-order valence-corrected chi connectivity index (χ3v) is 2.54. The van der Waals surface area contributed by atoms with Gasteiger partial charge in [0.1, 0.15) is 17.5 Å². The van der Waals surface area contributed by atoms with Gasteiger partial charge in [-0.2, -0.15) is 0 Å². The fourth-order valence-corrected chi connectivity index (χ4v) is 1.58. The molecule has 0 bridgehead atoms. The van der Waals surface area contributed by atoms with Gasteiger partial charge in [-0.25, -0.2) is 13.2 Å². The van der Waals surface area contributed by atoms with Crippen molar-refractivity contribution in [1.29, 1.82) is 0 Å². The maximum absolute atomic E-state index is 13.4. The summed E-state index contributed by atoms with van der Waals surface area (Å²) in [6, 6.07) is 0. The Morgan fingerprint density at radius 2 is 1.79 bits per heavy atom. The topological polar surface area (TPSA) is 0 Å². The van der Waals surface area contributed by atoms with Crippen molar-refractivity contribution in [2.24, 2.45) is 0 Å². The second-order valence-electron chi connectivity index (χ2n) is 2.81. The summed E-state index contributed by atoms with van der Waals surface area (Å²) < 4.78 is 40.0. The Bertz CT molecular complexity index is 386. The lowest BCUT2D eigenvalue weighted by molar-refractivity contribution is 0.533. The number of rotatable bonds is 2. The molecule has 0 nitrogen and oxygen atoms in total. The first-order valence-corrected chi connectivity index (χ1v) is 4.69. The number of halogens is 3. The molecule has 4 heteroatoms. The predicted octanol–water partition coefficient (Wildman–Crippen LogP) is 2.81. The quantitative estimate of drug-likeness (QED) is 0.669. The van der Waals surface area contributed by atoms with Crippen LogP contribution in [-0.2, 0) is 6.42 Å². The van der Waals surface area contributed by atoms with Crippen LogP contribution in [0.1, 0.15) is 18.1 Å². The minimum atomic E-state index is -0.905. The number of hydrogen-bond donors (Lipinski definition) is 0. The van der Waals surface area contributed by atoms with E-state index in [1.807, 2.05) is 9.24 Å². The number of benzene rings is 1. The van der Waals surface area contributed by atoms with E-state index in [4.69, 9.17) is 0 Å². The molecule has 0 spiro atoms. The molecule has 0 aliphatic heterocycles. The summed E-state index contributed by atoms with van der Waals surface area (Å²) in [5.41, 5.74) is -0.375. The van der Waals surface area contributed by atoms with Crippen molar-refractivity contribution in [3.63, 3.8) is 0 Å². The van der Waals surface area contributed by atoms with Crippen molar-refractivity contribution < 1.29 is 13.2 Å². The molecule has 1 aromatic rings. The Morgan fingerprint density at radius 3 is 2.21 bits per heavy atom. The molecule has 1 rings (SSSR count). The molecule has 1 unspecified atom stereocenters. The molecule has 0 radical (unpaired) electrons. The predicted molar refractivity (Wildman–Crippen MR) is 55.1 cm³/mol. The third-order valence-electron chi connectivity index (χ3n) is 2.03. The molecule has 0 saturated carbocycles. The van der Waals surface area contributed by atoms with Crippen LogP contribution in [0.2, 0.25) is 0 Å². The first-order chi connectivity index (χ1) is 6.54. The second kappa shape index (κ2) is 4.14. The Kier molecular flexibility index (Phi) is 3.33. The molecule has 76 valence electrons. The van der Waals surface area contributed by atoms with E-state index in [1.165, 1.54) is 0 Å². The van der Waals surface area contributed by atoms with E-state index in [1.54, 1.807) is 6.92 Å². The summed E-state index contributed by atoms with van der Waals surface area (Å²) in [6.45, 7) is 4.89. The zero-order valence-electron chi connectivity index (χ0n) is 7.70. The average Bonchev–Trinajstić information content (AvgIpc) is 2.16. The minimum Gasteiger partial charge on any atom is -0.206 e. The zero-order chi connectivity index (χ0) is 10.9. The Labute approximate surface area is 83.0 Å². The van der Waals surface area contributed by atoms with Crippen LogP contribution >= 0.6 is 9.24 Å². The van der Waals surface area contributed by atoms with E-state index in [2.05, 4.69) is 6.58 Å². The molecule has 0 fully saturated rings. The Balaban J connectivity index is 3.64. The molecule has 0 aliphatic rings. The SMILES string of the molecule is C=Cc1c(F)c(P)c(F)c(CC)c1F. The summed E-state index contributed by atoms with van der Waals surface area (Å²) >= 11 is 0. The van der Waals surface area contributed by atoms with Crippen LogP contribution in [0.4, 0.5) is 13.2 Å². The third kappa shape index (κ3) is 1.57. The van der Waals surface area contributed by atoms with Gasteiger partial charge in [0, 0.05) is 16.4 Å². The number of hydrogen-bond acceptors (Lipinski definition) is 0. The summed E-state index contributed by atoms with van der Waals surface area (Å²) in [4.78, 5) is 0. The molecule has 1 atom stereocenters. The van der Waals surface area contributed by atoms with Crippen molar-refractivity contribution in [2.45, 2.75) is 13.3 Å². The molecule has 0 heterocycles. The molecule has 0 aromatic heterocycles. The van der Waals surface area contributed by atoms with Gasteiger partial charge in [-0.3, -0.25) is 0 Å². The lowest BCUT2D eigenvalue weighted by Crippen LogP contribution is -2.14. The fourth-order valence-electron chi connectivity index (χ4n) is 1.25. The van der Waals surface area contributed by atoms with E-state index >= 15 is 0 Å². The lowest BCUT2D eigenvalue weighted by atomic mass is 10.1. The summed E-state index contributed by atoms with van der Waals surface area (Å²) in [6.07, 6.45) is 1.23. The van der Waals surface area contributed by atoms with Gasteiger partial charge in [-0.1, -0.05) is 28.8 Å². The average molecular weight is 218 g/mol. The minimum absolute atomic E-state index is 0.105. The van der Waals surface area contributed by atoms with Gasteiger partial charge in [-0.05, 0) is 6.42 Å². The molecule has 14 heavy (non-hydrogen) atoms. The molecule has 0 saturated heterocycles. The van der Waals surface area contributed by atoms with Crippen molar-refractivity contribution in [1.82, 2.24) is 0 Å². The van der Waals surface area contributed by atoms with E-state index in [-0.39, 0.29) is 22.9 Å². The molecular weight excluding hydrogens is 208 g/mol. The van der Waals surface area contributed by atoms with Gasteiger partial charge in [0.15, 0.2) is 0 Å². The van der Waals surface area contributed by atoms with E-state index in [0.29, 0.717) is 0 Å². The summed E-state index contributed by atoms with van der Waals surface area (Å²) in [7, 11) is 1.93. The van der Waals surface area contributed by atoms with Gasteiger partial charge in [0.05, 0.1) is 0 Å². The van der Waals surface area contributed by atoms with Gasteiger partial charge in [-0.15, -0.1) is 0 Å². The van der Waals surface area contributed by atoms with Crippen LogP contribution in [0.3, 0.4) is 0 Å². The summed E-state index contributed by atoms with van der Waals surface area (Å²) in [5.74, 6) is -2.60. The summed E-state index contributed by atoms with van der Waals surface area (Å²) in [5, 5.41) is -0.238. The first-order valence-electron chi connectivity index (χ1n) is 4.11. The van der Waals surface area contributed by atoms with Gasteiger partial charge < -0.3 is 0 Å². The highest BCUT2D eigenvalue weighted by atomic mass is 31.0. The van der Waals surface area contributed by atoms with E-state index in [0.717, 1.165) is 6.08 Å². The molecule has 0 amide bonds. The van der Waals surface area contributed by atoms with Crippen LogP contribution in [0.15, 0.2) is 6.58 Å². The fraction of sp³-hybridized carbons (Fsp3) is 0.200. The van der Waals surface area contributed by atoms with Crippen LogP contribution in [0.5, 0.6) is 0 Å². The zero-order valence-corrected chi connectivity index (χ0v) is 8.86. The van der Waals surface area contributed by atoms with Gasteiger partial charge in [0.25, 0.3) is 0 Å². The second-order valence-corrected chi connectivity index (χ2v) is 3.38.